The monoisotopic (exact) mass is 923 g/mol. The Labute approximate surface area is 384 Å². The second kappa shape index (κ2) is 19.7. The van der Waals surface area contributed by atoms with E-state index >= 15 is 4.39 Å². The molecule has 15 heteroatoms. The lowest BCUT2D eigenvalue weighted by Gasteiger charge is -2.28. The zero-order valence-corrected chi connectivity index (χ0v) is 39.5. The molecule has 2 unspecified atom stereocenters. The topological polar surface area (TPSA) is 151 Å². The molecule has 0 radical (unpaired) electrons. The summed E-state index contributed by atoms with van der Waals surface area (Å²) in [7, 11) is 4.31. The molecule has 0 bridgehead atoms. The van der Waals surface area contributed by atoms with E-state index in [9.17, 15) is 18.0 Å². The van der Waals surface area contributed by atoms with E-state index in [1.807, 2.05) is 58.9 Å². The molecule has 66 heavy (non-hydrogen) atoms. The van der Waals surface area contributed by atoms with E-state index in [4.69, 9.17) is 42.1 Å². The van der Waals surface area contributed by atoms with Crippen LogP contribution >= 0.6 is 0 Å². The van der Waals surface area contributed by atoms with E-state index in [-0.39, 0.29) is 50.1 Å². The number of ketones is 2. The largest absolute Gasteiger partial charge is 0.493 e. The maximum Gasteiger partial charge on any atom is 0.298 e. The normalized spacial score (nSPS) is 14.9. The molecule has 0 saturated carbocycles. The number of Topliss-reactive ketones (excluding diaryl/α,β-unsaturated/α-hetero) is 2. The van der Waals surface area contributed by atoms with Crippen molar-refractivity contribution < 1.29 is 64.5 Å². The molecule has 13 nitrogen and oxygen atoms in total. The third-order valence-corrected chi connectivity index (χ3v) is 11.9. The number of methoxy groups -OCH3 is 6. The molecule has 0 fully saturated rings. The molecular formula is C51H53FO13S. The number of ether oxygens (including phenoxy) is 8. The number of hydrogen-bond acceptors (Lipinski definition) is 13. The van der Waals surface area contributed by atoms with Crippen molar-refractivity contribution in [1.29, 1.82) is 0 Å². The van der Waals surface area contributed by atoms with Gasteiger partial charge >= 0.3 is 0 Å². The van der Waals surface area contributed by atoms with Crippen molar-refractivity contribution in [3.63, 3.8) is 0 Å². The molecular weight excluding hydrogens is 871 g/mol. The minimum absolute atomic E-state index is 0.0719. The summed E-state index contributed by atoms with van der Waals surface area (Å²) in [6.07, 6.45) is 4.11. The average molecular weight is 924 g/mol. The zero-order valence-electron chi connectivity index (χ0n) is 38.6. The molecule has 5 aromatic carbocycles. The second-order valence-corrected chi connectivity index (χ2v) is 17.9. The summed E-state index contributed by atoms with van der Waals surface area (Å²) >= 11 is 0. The predicted octanol–water partition coefficient (Wildman–Crippen LogP) is 10.3. The molecule has 0 saturated heterocycles. The van der Waals surface area contributed by atoms with Crippen LogP contribution in [-0.4, -0.2) is 73.8 Å². The van der Waals surface area contributed by atoms with Gasteiger partial charge in [0, 0.05) is 27.8 Å². The number of aryl methyl sites for hydroxylation is 1. The maximum absolute atomic E-state index is 15.1. The molecule has 0 amide bonds. The number of halogens is 1. The van der Waals surface area contributed by atoms with Crippen molar-refractivity contribution in [1.82, 2.24) is 0 Å². The number of benzene rings is 5. The third-order valence-electron chi connectivity index (χ3n) is 10.6. The van der Waals surface area contributed by atoms with Crippen LogP contribution in [0.2, 0.25) is 0 Å². The van der Waals surface area contributed by atoms with Crippen LogP contribution in [0.5, 0.6) is 46.0 Å². The van der Waals surface area contributed by atoms with Crippen LogP contribution in [0.15, 0.2) is 102 Å². The van der Waals surface area contributed by atoms with E-state index in [0.29, 0.717) is 28.6 Å². The Balaban J connectivity index is 0.000000229. The van der Waals surface area contributed by atoms with Crippen LogP contribution in [0.1, 0.15) is 88.5 Å². The first-order valence-corrected chi connectivity index (χ1v) is 22.0. The average Bonchev–Trinajstić information content (AvgIpc) is 3.30. The van der Waals surface area contributed by atoms with Gasteiger partial charge in [0.2, 0.25) is 17.3 Å². The van der Waals surface area contributed by atoms with Crippen molar-refractivity contribution in [2.45, 2.75) is 63.0 Å². The Morgan fingerprint density at radius 2 is 0.970 bits per heavy atom. The van der Waals surface area contributed by atoms with Gasteiger partial charge in [-0.05, 0) is 125 Å². The zero-order chi connectivity index (χ0) is 48.1. The van der Waals surface area contributed by atoms with Crippen molar-refractivity contribution in [3.8, 4) is 46.0 Å². The third kappa shape index (κ3) is 10.6. The fourth-order valence-corrected chi connectivity index (χ4v) is 8.19. The highest BCUT2D eigenvalue weighted by Gasteiger charge is 2.33. The number of carbonyl (C=O) groups excluding carboxylic acids is 2. The highest BCUT2D eigenvalue weighted by Crippen LogP contribution is 2.44. The summed E-state index contributed by atoms with van der Waals surface area (Å²) in [5.74, 6) is 1.76. The van der Waals surface area contributed by atoms with Gasteiger partial charge in [-0.3, -0.25) is 9.59 Å². The van der Waals surface area contributed by atoms with Gasteiger partial charge in [0.15, 0.2) is 41.1 Å². The van der Waals surface area contributed by atoms with E-state index in [0.717, 1.165) is 11.1 Å². The highest BCUT2D eigenvalue weighted by atomic mass is 32.2. The van der Waals surface area contributed by atoms with Crippen molar-refractivity contribution in [3.05, 3.63) is 136 Å². The van der Waals surface area contributed by atoms with E-state index in [2.05, 4.69) is 0 Å². The molecule has 2 aliphatic rings. The van der Waals surface area contributed by atoms with Gasteiger partial charge < -0.3 is 37.9 Å². The predicted molar refractivity (Wildman–Crippen MR) is 247 cm³/mol. The van der Waals surface area contributed by atoms with E-state index in [1.165, 1.54) is 79.1 Å². The van der Waals surface area contributed by atoms with Crippen LogP contribution < -0.4 is 37.9 Å². The van der Waals surface area contributed by atoms with Crippen LogP contribution in [0.4, 0.5) is 4.39 Å². The van der Waals surface area contributed by atoms with Crippen LogP contribution in [0.3, 0.4) is 0 Å². The fraction of sp³-hybridized carbons (Fsp3) is 0.294. The Bertz CT molecular complexity index is 2740. The number of alkyl halides is 1. The molecule has 2 heterocycles. The summed E-state index contributed by atoms with van der Waals surface area (Å²) in [6, 6.07) is 21.9. The quantitative estimate of drug-likeness (QED) is 0.0724. The number of carbonyl (C=O) groups is 2. The smallest absolute Gasteiger partial charge is 0.298 e. The summed E-state index contributed by atoms with van der Waals surface area (Å²) in [6.45, 7) is 9.57. The Kier molecular flexibility index (Phi) is 14.5. The molecule has 5 aromatic rings. The fourth-order valence-electron chi connectivity index (χ4n) is 7.15. The first kappa shape index (κ1) is 48.6. The number of hydrogen-bond donors (Lipinski definition) is 0. The molecule has 0 N–H and O–H groups in total. The van der Waals surface area contributed by atoms with Crippen LogP contribution in [0, 0.1) is 6.92 Å². The van der Waals surface area contributed by atoms with Gasteiger partial charge in [-0.15, -0.1) is 0 Å². The Morgan fingerprint density at radius 3 is 1.38 bits per heavy atom. The minimum Gasteiger partial charge on any atom is -0.493 e. The molecule has 0 aliphatic carbocycles. The molecule has 2 atom stereocenters. The van der Waals surface area contributed by atoms with Crippen molar-refractivity contribution >= 4 is 33.8 Å². The van der Waals surface area contributed by atoms with Gasteiger partial charge in [-0.2, -0.15) is 8.42 Å². The van der Waals surface area contributed by atoms with Gasteiger partial charge in [0.25, 0.3) is 10.1 Å². The second-order valence-electron chi connectivity index (χ2n) is 16.3. The highest BCUT2D eigenvalue weighted by molar-refractivity contribution is 7.86. The molecule has 348 valence electrons. The maximum atomic E-state index is 15.1. The first-order valence-electron chi connectivity index (χ1n) is 20.6. The summed E-state index contributed by atoms with van der Waals surface area (Å²) < 4.78 is 91.1. The Hall–Kier alpha value is -6.84. The number of fused-ring (bicyclic) bond motifs is 2. The lowest BCUT2D eigenvalue weighted by atomic mass is 9.95. The lowest BCUT2D eigenvalue weighted by molar-refractivity contribution is 0.0800. The molecule has 7 rings (SSSR count). The van der Waals surface area contributed by atoms with Crippen LogP contribution in [-0.2, 0) is 14.3 Å². The molecule has 0 spiro atoms. The summed E-state index contributed by atoms with van der Waals surface area (Å²) in [5, 5.41) is 0. The van der Waals surface area contributed by atoms with Gasteiger partial charge in [0.1, 0.15) is 22.7 Å². The van der Waals surface area contributed by atoms with E-state index in [1.54, 1.807) is 48.5 Å². The lowest BCUT2D eigenvalue weighted by Crippen LogP contribution is -2.27. The van der Waals surface area contributed by atoms with Gasteiger partial charge in [-0.25, -0.2) is 8.57 Å². The van der Waals surface area contributed by atoms with E-state index < -0.39 is 45.2 Å². The minimum atomic E-state index is -4.34. The van der Waals surface area contributed by atoms with Crippen LogP contribution in [0.25, 0.3) is 12.2 Å². The summed E-state index contributed by atoms with van der Waals surface area (Å²) in [4.78, 5) is 26.6. The van der Waals surface area contributed by atoms with Gasteiger partial charge in [-0.1, -0.05) is 29.8 Å². The van der Waals surface area contributed by atoms with Gasteiger partial charge in [0.05, 0.1) is 47.6 Å². The van der Waals surface area contributed by atoms with Crippen molar-refractivity contribution in [2.75, 3.05) is 42.7 Å². The molecule has 0 aromatic heterocycles. The first-order chi connectivity index (χ1) is 31.3. The summed E-state index contributed by atoms with van der Waals surface area (Å²) in [5.41, 5.74) is 2.26. The molecule has 2 aliphatic heterocycles. The Morgan fingerprint density at radius 1 is 0.561 bits per heavy atom. The SMILES string of the molecule is COc1cc(C(OS(=O)(=O)c2ccc(C)cc2)C(=O)c2ccc3c(c2)C=CC(C)(C)O3)cc(OC)c1OC.COc1cc(C([18F])C(=O)c2ccc3c(c2)C=CC(C)(C)O3)cc(OC)c1OC. The number of rotatable bonds is 15. The van der Waals surface area contributed by atoms with Crippen molar-refractivity contribution in [2.24, 2.45) is 0 Å². The standard InChI is InChI=1S/C29H30O8S.C22H23FO5/c1-18-7-10-22(11-8-18)38(31,32)37-27(21-16-24(33-4)28(35-6)25(17-21)34-5)26(30)20-9-12-23-19(15-20)13-14-29(2,3)36-23;1-22(2)9-8-13-10-14(6-7-16(13)28-22)20(24)19(23)15-11-17(25-3)21(27-5)18(12-15)26-4/h7-17,27H,1-6H3;6-12,19H,1-5H3/i;23-1.